The molecule has 0 spiro atoms. The largest absolute Gasteiger partial charge is 0.493 e. The maximum atomic E-state index is 11.6. The maximum Gasteiger partial charge on any atom is 0.277 e. The van der Waals surface area contributed by atoms with Gasteiger partial charge in [-0.15, -0.1) is 0 Å². The van der Waals surface area contributed by atoms with Crippen LogP contribution in [0.2, 0.25) is 10.0 Å². The quantitative estimate of drug-likeness (QED) is 0.621. The van der Waals surface area contributed by atoms with E-state index in [1.165, 1.54) is 6.20 Å². The van der Waals surface area contributed by atoms with E-state index < -0.39 is 5.56 Å². The van der Waals surface area contributed by atoms with Gasteiger partial charge in [0.15, 0.2) is 0 Å². The van der Waals surface area contributed by atoms with Gasteiger partial charge in [-0.1, -0.05) is 23.2 Å². The highest BCUT2D eigenvalue weighted by molar-refractivity contribution is 6.46. The molecular formula is C11H5Cl2N3O2. The van der Waals surface area contributed by atoms with Gasteiger partial charge in [-0.2, -0.15) is 5.10 Å². The topological polar surface area (TPSA) is 78.9 Å². The molecule has 0 saturated heterocycles. The summed E-state index contributed by atoms with van der Waals surface area (Å²) >= 11 is 12.1. The molecule has 5 nitrogen and oxygen atoms in total. The minimum absolute atomic E-state index is 0.0432. The van der Waals surface area contributed by atoms with Crippen molar-refractivity contribution < 1.29 is 5.11 Å². The van der Waals surface area contributed by atoms with Crippen LogP contribution in [0.15, 0.2) is 23.1 Å². The molecule has 0 aliphatic heterocycles. The Kier molecular flexibility index (Phi) is 2.39. The second-order valence-corrected chi connectivity index (χ2v) is 4.46. The zero-order chi connectivity index (χ0) is 12.9. The van der Waals surface area contributed by atoms with Crippen LogP contribution in [0.25, 0.3) is 21.7 Å². The Bertz CT molecular complexity index is 845. The molecule has 1 aromatic carbocycles. The predicted molar refractivity (Wildman–Crippen MR) is 69.3 cm³/mol. The predicted octanol–water partition coefficient (Wildman–Crippen LogP) is 2.48. The Morgan fingerprint density at radius 2 is 2.00 bits per heavy atom. The van der Waals surface area contributed by atoms with Crippen molar-refractivity contribution in [3.63, 3.8) is 0 Å². The lowest BCUT2D eigenvalue weighted by Crippen LogP contribution is -2.08. The van der Waals surface area contributed by atoms with Crippen molar-refractivity contribution in [3.05, 3.63) is 38.7 Å². The van der Waals surface area contributed by atoms with E-state index in [9.17, 15) is 9.90 Å². The molecule has 0 aliphatic carbocycles. The Labute approximate surface area is 110 Å². The third kappa shape index (κ3) is 1.45. The van der Waals surface area contributed by atoms with Crippen molar-refractivity contribution in [1.29, 1.82) is 0 Å². The highest BCUT2D eigenvalue weighted by Gasteiger charge is 2.14. The van der Waals surface area contributed by atoms with E-state index in [2.05, 4.69) is 15.2 Å². The summed E-state index contributed by atoms with van der Waals surface area (Å²) in [6.45, 7) is 0. The number of hydrogen-bond donors (Lipinski definition) is 2. The maximum absolute atomic E-state index is 11.6. The molecule has 0 atom stereocenters. The average molecular weight is 282 g/mol. The summed E-state index contributed by atoms with van der Waals surface area (Å²) in [5.74, 6) is -0.362. The van der Waals surface area contributed by atoms with Gasteiger partial charge in [0, 0.05) is 10.8 Å². The van der Waals surface area contributed by atoms with E-state index in [4.69, 9.17) is 23.2 Å². The zero-order valence-electron chi connectivity index (χ0n) is 8.74. The molecule has 3 aromatic rings. The summed E-state index contributed by atoms with van der Waals surface area (Å²) in [5.41, 5.74) is -0.0859. The van der Waals surface area contributed by atoms with Crippen LogP contribution in [0.4, 0.5) is 0 Å². The van der Waals surface area contributed by atoms with Gasteiger partial charge < -0.3 is 5.11 Å². The van der Waals surface area contributed by atoms with Crippen molar-refractivity contribution >= 4 is 44.9 Å². The van der Waals surface area contributed by atoms with E-state index in [0.29, 0.717) is 21.3 Å². The molecule has 3 rings (SSSR count). The van der Waals surface area contributed by atoms with E-state index in [1.807, 2.05) is 0 Å². The third-order valence-electron chi connectivity index (χ3n) is 2.65. The van der Waals surface area contributed by atoms with E-state index in [-0.39, 0.29) is 16.3 Å². The van der Waals surface area contributed by atoms with Crippen LogP contribution in [0.1, 0.15) is 0 Å². The molecule has 2 N–H and O–H groups in total. The fourth-order valence-electron chi connectivity index (χ4n) is 1.87. The van der Waals surface area contributed by atoms with Gasteiger partial charge >= 0.3 is 0 Å². The molecule has 0 unspecified atom stereocenters. The van der Waals surface area contributed by atoms with Crippen LogP contribution in [-0.2, 0) is 0 Å². The van der Waals surface area contributed by atoms with Crippen molar-refractivity contribution in [2.45, 2.75) is 0 Å². The Hall–Kier alpha value is -1.85. The molecule has 7 heteroatoms. The van der Waals surface area contributed by atoms with Gasteiger partial charge in [0.05, 0.1) is 21.8 Å². The summed E-state index contributed by atoms with van der Waals surface area (Å²) in [4.78, 5) is 15.6. The van der Waals surface area contributed by atoms with Gasteiger partial charge in [0.25, 0.3) is 5.56 Å². The number of nitrogens with zero attached hydrogens (tertiary/aromatic N) is 2. The highest BCUT2D eigenvalue weighted by atomic mass is 35.5. The lowest BCUT2D eigenvalue weighted by atomic mass is 10.1. The van der Waals surface area contributed by atoms with Crippen molar-refractivity contribution in [1.82, 2.24) is 15.2 Å². The van der Waals surface area contributed by atoms with Gasteiger partial charge in [-0.3, -0.25) is 4.79 Å². The average Bonchev–Trinajstić information content (AvgIpc) is 2.34. The molecular weight excluding hydrogens is 277 g/mol. The summed E-state index contributed by atoms with van der Waals surface area (Å²) < 4.78 is 0. The van der Waals surface area contributed by atoms with E-state index >= 15 is 0 Å². The first-order valence-corrected chi connectivity index (χ1v) is 5.69. The lowest BCUT2D eigenvalue weighted by Gasteiger charge is -2.06. The molecule has 0 bridgehead atoms. The molecule has 18 heavy (non-hydrogen) atoms. The number of aromatic hydroxyl groups is 1. The molecule has 90 valence electrons. The summed E-state index contributed by atoms with van der Waals surface area (Å²) in [5, 5.41) is 17.3. The summed E-state index contributed by atoms with van der Waals surface area (Å²) in [6, 6.07) is 3.19. The zero-order valence-corrected chi connectivity index (χ0v) is 10.2. The van der Waals surface area contributed by atoms with Crippen LogP contribution >= 0.6 is 23.2 Å². The fourth-order valence-corrected chi connectivity index (χ4v) is 2.29. The lowest BCUT2D eigenvalue weighted by molar-refractivity contribution is 0.462. The molecule has 0 saturated carbocycles. The second-order valence-electron chi connectivity index (χ2n) is 3.68. The number of aromatic nitrogens is 3. The smallest absolute Gasteiger partial charge is 0.277 e. The molecule has 0 radical (unpaired) electrons. The van der Waals surface area contributed by atoms with Crippen LogP contribution in [0, 0.1) is 0 Å². The monoisotopic (exact) mass is 281 g/mol. The molecule has 0 amide bonds. The highest BCUT2D eigenvalue weighted by Crippen LogP contribution is 2.35. The Balaban J connectivity index is 2.72. The van der Waals surface area contributed by atoms with Gasteiger partial charge in [0.2, 0.25) is 5.88 Å². The van der Waals surface area contributed by atoms with Crippen LogP contribution in [-0.4, -0.2) is 20.3 Å². The second kappa shape index (κ2) is 3.83. The third-order valence-corrected chi connectivity index (χ3v) is 3.45. The Morgan fingerprint density at radius 1 is 1.22 bits per heavy atom. The first-order chi connectivity index (χ1) is 8.59. The van der Waals surface area contributed by atoms with E-state index in [0.717, 1.165) is 0 Å². The van der Waals surface area contributed by atoms with Crippen LogP contribution < -0.4 is 5.56 Å². The van der Waals surface area contributed by atoms with Crippen LogP contribution in [0.3, 0.4) is 0 Å². The number of halogens is 2. The first-order valence-electron chi connectivity index (χ1n) is 4.93. The minimum atomic E-state index is -0.532. The Morgan fingerprint density at radius 3 is 2.78 bits per heavy atom. The molecule has 0 fully saturated rings. The number of nitrogens with one attached hydrogen (secondary N) is 1. The number of rotatable bonds is 0. The van der Waals surface area contributed by atoms with Gasteiger partial charge in [-0.05, 0) is 12.1 Å². The number of pyridine rings is 1. The fraction of sp³-hybridized carbons (Fsp3) is 0. The SMILES string of the molecule is O=c1[nH]ncc2c1c(O)nc1ccc(Cl)c(Cl)c12. The van der Waals surface area contributed by atoms with Crippen molar-refractivity contribution in [2.24, 2.45) is 0 Å². The van der Waals surface area contributed by atoms with E-state index in [1.54, 1.807) is 12.1 Å². The molecule has 2 heterocycles. The van der Waals surface area contributed by atoms with Gasteiger partial charge in [-0.25, -0.2) is 10.1 Å². The number of hydrogen-bond acceptors (Lipinski definition) is 4. The summed E-state index contributed by atoms with van der Waals surface area (Å²) in [7, 11) is 0. The number of aromatic amines is 1. The molecule has 2 aromatic heterocycles. The normalized spacial score (nSPS) is 11.2. The van der Waals surface area contributed by atoms with Gasteiger partial charge in [0.1, 0.15) is 5.39 Å². The number of benzene rings is 1. The molecule has 0 aliphatic rings. The number of fused-ring (bicyclic) bond motifs is 3. The first kappa shape index (κ1) is 11.3. The van der Waals surface area contributed by atoms with Crippen LogP contribution in [0.5, 0.6) is 5.88 Å². The van der Waals surface area contributed by atoms with Crippen molar-refractivity contribution in [3.8, 4) is 5.88 Å². The summed E-state index contributed by atoms with van der Waals surface area (Å²) in [6.07, 6.45) is 1.41. The van der Waals surface area contributed by atoms with Crippen molar-refractivity contribution in [2.75, 3.05) is 0 Å². The standard InChI is InChI=1S/C11H5Cl2N3O2/c12-5-1-2-6-7(9(5)13)4-3-14-16-11(18)8(4)10(17)15-6/h1-3H,(H,15,17)(H,16,18). The number of H-pyrrole nitrogens is 1. The minimum Gasteiger partial charge on any atom is -0.493 e.